The standard InChI is InChI=1S/C18H19N5O3/c1-11-9-22(10-12(2)26-11)17-14(7-13(8-19)16(20)24)18(25)23-6-4-3-5-15(23)21-17/h3-7,11-12H,9-10H2,1-2H3,(H2,20,24)/b13-7+/t11-,12-/m0/s1. The molecule has 1 aliphatic rings. The smallest absolute Gasteiger partial charge is 0.267 e. The molecule has 3 rings (SSSR count). The maximum Gasteiger partial charge on any atom is 0.267 e. The van der Waals surface area contributed by atoms with E-state index >= 15 is 0 Å². The van der Waals surface area contributed by atoms with Gasteiger partial charge in [0.05, 0.1) is 17.8 Å². The minimum absolute atomic E-state index is 0.0433. The molecule has 0 spiro atoms. The predicted molar refractivity (Wildman–Crippen MR) is 96.5 cm³/mol. The van der Waals surface area contributed by atoms with Crippen LogP contribution in [0.2, 0.25) is 0 Å². The van der Waals surface area contributed by atoms with Crippen molar-refractivity contribution in [2.75, 3.05) is 18.0 Å². The van der Waals surface area contributed by atoms with Crippen molar-refractivity contribution in [3.8, 4) is 6.07 Å². The Hall–Kier alpha value is -3.18. The molecule has 26 heavy (non-hydrogen) atoms. The Morgan fingerprint density at radius 3 is 2.69 bits per heavy atom. The molecule has 1 saturated heterocycles. The zero-order valence-corrected chi connectivity index (χ0v) is 14.5. The Balaban J connectivity index is 2.26. The van der Waals surface area contributed by atoms with E-state index in [9.17, 15) is 9.59 Å². The molecule has 8 heteroatoms. The maximum atomic E-state index is 13.0. The number of aromatic nitrogens is 2. The Morgan fingerprint density at radius 1 is 1.38 bits per heavy atom. The zero-order valence-electron chi connectivity index (χ0n) is 14.5. The summed E-state index contributed by atoms with van der Waals surface area (Å²) in [6, 6.07) is 6.96. The molecule has 2 N–H and O–H groups in total. The van der Waals surface area contributed by atoms with Crippen molar-refractivity contribution in [1.29, 1.82) is 5.26 Å². The molecular weight excluding hydrogens is 334 g/mol. The fraction of sp³-hybridized carbons (Fsp3) is 0.333. The van der Waals surface area contributed by atoms with E-state index in [2.05, 4.69) is 4.98 Å². The van der Waals surface area contributed by atoms with Gasteiger partial charge >= 0.3 is 0 Å². The van der Waals surface area contributed by atoms with Gasteiger partial charge in [0.25, 0.3) is 11.5 Å². The van der Waals surface area contributed by atoms with Gasteiger partial charge < -0.3 is 15.4 Å². The van der Waals surface area contributed by atoms with E-state index in [0.29, 0.717) is 24.6 Å². The number of morpholine rings is 1. The van der Waals surface area contributed by atoms with Crippen LogP contribution in [0.1, 0.15) is 19.4 Å². The third-order valence-electron chi connectivity index (χ3n) is 4.14. The van der Waals surface area contributed by atoms with Crippen LogP contribution in [0.5, 0.6) is 0 Å². The highest BCUT2D eigenvalue weighted by atomic mass is 16.5. The van der Waals surface area contributed by atoms with E-state index in [-0.39, 0.29) is 28.9 Å². The van der Waals surface area contributed by atoms with Crippen LogP contribution in [0, 0.1) is 11.3 Å². The minimum atomic E-state index is -0.889. The molecule has 8 nitrogen and oxygen atoms in total. The first-order valence-corrected chi connectivity index (χ1v) is 8.24. The molecular formula is C18H19N5O3. The summed E-state index contributed by atoms with van der Waals surface area (Å²) < 4.78 is 7.11. The topological polar surface area (TPSA) is 114 Å². The number of nitrogens with zero attached hydrogens (tertiary/aromatic N) is 4. The van der Waals surface area contributed by atoms with Gasteiger partial charge in [-0.2, -0.15) is 5.26 Å². The van der Waals surface area contributed by atoms with E-state index in [4.69, 9.17) is 15.7 Å². The quantitative estimate of drug-likeness (QED) is 0.642. The molecule has 2 aromatic rings. The van der Waals surface area contributed by atoms with Crippen LogP contribution >= 0.6 is 0 Å². The number of nitrogens with two attached hydrogens (primary N) is 1. The SMILES string of the molecule is C[C@H]1CN(c2nc3ccccn3c(=O)c2/C=C(\C#N)C(N)=O)C[C@H](C)O1. The molecule has 2 atom stereocenters. The van der Waals surface area contributed by atoms with E-state index < -0.39 is 5.91 Å². The number of ether oxygens (including phenoxy) is 1. The average molecular weight is 353 g/mol. The number of fused-ring (bicyclic) bond motifs is 1. The van der Waals surface area contributed by atoms with E-state index in [1.54, 1.807) is 30.5 Å². The van der Waals surface area contributed by atoms with Crippen molar-refractivity contribution >= 4 is 23.4 Å². The summed E-state index contributed by atoms with van der Waals surface area (Å²) in [6.07, 6.45) is 2.72. The predicted octanol–water partition coefficient (Wildman–Crippen LogP) is 0.700. The van der Waals surface area contributed by atoms with Crippen molar-refractivity contribution in [3.63, 3.8) is 0 Å². The fourth-order valence-corrected chi connectivity index (χ4v) is 3.11. The number of amides is 1. The largest absolute Gasteiger partial charge is 0.372 e. The molecule has 3 heterocycles. The van der Waals surface area contributed by atoms with Crippen LogP contribution in [-0.2, 0) is 9.53 Å². The molecule has 0 unspecified atom stereocenters. The molecule has 1 amide bonds. The van der Waals surface area contributed by atoms with Crippen molar-refractivity contribution < 1.29 is 9.53 Å². The second-order valence-corrected chi connectivity index (χ2v) is 6.28. The van der Waals surface area contributed by atoms with Crippen molar-refractivity contribution in [3.05, 3.63) is 45.9 Å². The molecule has 0 saturated carbocycles. The highest BCUT2D eigenvalue weighted by molar-refractivity contribution is 6.01. The van der Waals surface area contributed by atoms with Crippen LogP contribution in [-0.4, -0.2) is 40.6 Å². The summed E-state index contributed by atoms with van der Waals surface area (Å²) in [5.74, 6) is -0.475. The number of carbonyl (C=O) groups excluding carboxylic acids is 1. The van der Waals surface area contributed by atoms with E-state index in [0.717, 1.165) is 0 Å². The Bertz CT molecular complexity index is 978. The number of primary amides is 1. The monoisotopic (exact) mass is 353 g/mol. The summed E-state index contributed by atoms with van der Waals surface area (Å²) in [5.41, 5.74) is 5.21. The summed E-state index contributed by atoms with van der Waals surface area (Å²) >= 11 is 0. The first-order chi connectivity index (χ1) is 12.4. The lowest BCUT2D eigenvalue weighted by Crippen LogP contribution is -2.46. The van der Waals surface area contributed by atoms with Crippen LogP contribution in [0.25, 0.3) is 11.7 Å². The van der Waals surface area contributed by atoms with Crippen molar-refractivity contribution in [2.45, 2.75) is 26.1 Å². The zero-order chi connectivity index (χ0) is 18.8. The lowest BCUT2D eigenvalue weighted by atomic mass is 10.1. The second-order valence-electron chi connectivity index (χ2n) is 6.28. The highest BCUT2D eigenvalue weighted by Crippen LogP contribution is 2.23. The second kappa shape index (κ2) is 6.98. The van der Waals surface area contributed by atoms with Gasteiger partial charge in [0.1, 0.15) is 23.1 Å². The van der Waals surface area contributed by atoms with Gasteiger partial charge in [-0.15, -0.1) is 0 Å². The summed E-state index contributed by atoms with van der Waals surface area (Å²) in [6.45, 7) is 4.96. The molecule has 1 fully saturated rings. The lowest BCUT2D eigenvalue weighted by Gasteiger charge is -2.36. The van der Waals surface area contributed by atoms with Crippen LogP contribution in [0.3, 0.4) is 0 Å². The summed E-state index contributed by atoms with van der Waals surface area (Å²) in [5, 5.41) is 9.17. The molecule has 1 aliphatic heterocycles. The number of carbonyl (C=O) groups is 1. The summed E-state index contributed by atoms with van der Waals surface area (Å²) in [4.78, 5) is 31.0. The number of anilines is 1. The van der Waals surface area contributed by atoms with Crippen LogP contribution in [0.15, 0.2) is 34.8 Å². The van der Waals surface area contributed by atoms with Gasteiger partial charge in [-0.1, -0.05) is 6.07 Å². The molecule has 0 aromatic carbocycles. The molecule has 0 aliphatic carbocycles. The van der Waals surface area contributed by atoms with Crippen molar-refractivity contribution in [1.82, 2.24) is 9.38 Å². The molecule has 134 valence electrons. The van der Waals surface area contributed by atoms with Crippen LogP contribution in [0.4, 0.5) is 5.82 Å². The first-order valence-electron chi connectivity index (χ1n) is 8.24. The normalized spacial score (nSPS) is 20.8. The first kappa shape index (κ1) is 17.6. The van der Waals surface area contributed by atoms with Gasteiger partial charge in [-0.25, -0.2) is 4.98 Å². The number of pyridine rings is 1. The van der Waals surface area contributed by atoms with Crippen molar-refractivity contribution in [2.24, 2.45) is 5.73 Å². The van der Waals surface area contributed by atoms with E-state index in [1.165, 1.54) is 10.5 Å². The fourth-order valence-electron chi connectivity index (χ4n) is 3.11. The van der Waals surface area contributed by atoms with Crippen LogP contribution < -0.4 is 16.2 Å². The molecule has 0 radical (unpaired) electrons. The number of nitriles is 1. The van der Waals surface area contributed by atoms with Gasteiger partial charge in [-0.3, -0.25) is 14.0 Å². The third kappa shape index (κ3) is 3.30. The van der Waals surface area contributed by atoms with Gasteiger partial charge in [-0.05, 0) is 32.1 Å². The minimum Gasteiger partial charge on any atom is -0.372 e. The third-order valence-corrected chi connectivity index (χ3v) is 4.14. The van der Waals surface area contributed by atoms with E-state index in [1.807, 2.05) is 18.7 Å². The summed E-state index contributed by atoms with van der Waals surface area (Å²) in [7, 11) is 0. The number of hydrogen-bond donors (Lipinski definition) is 1. The maximum absolute atomic E-state index is 13.0. The van der Waals surface area contributed by atoms with Gasteiger partial charge in [0.2, 0.25) is 0 Å². The molecule has 2 aromatic heterocycles. The van der Waals surface area contributed by atoms with Gasteiger partial charge in [0.15, 0.2) is 0 Å². The lowest BCUT2D eigenvalue weighted by molar-refractivity contribution is -0.114. The highest BCUT2D eigenvalue weighted by Gasteiger charge is 2.26. The Labute approximate surface area is 150 Å². The number of hydrogen-bond acceptors (Lipinski definition) is 6. The Morgan fingerprint density at radius 2 is 2.08 bits per heavy atom. The Kier molecular flexibility index (Phi) is 4.73. The number of rotatable bonds is 3. The average Bonchev–Trinajstić information content (AvgIpc) is 2.59. The molecule has 0 bridgehead atoms. The van der Waals surface area contributed by atoms with Gasteiger partial charge in [0, 0.05) is 19.3 Å².